The van der Waals surface area contributed by atoms with Crippen LogP contribution < -0.4 is 5.32 Å². The van der Waals surface area contributed by atoms with Gasteiger partial charge >= 0.3 is 0 Å². The minimum atomic E-state index is 0. The number of hydrogen-bond acceptors (Lipinski definition) is 2. The predicted molar refractivity (Wildman–Crippen MR) is 66.0 cm³/mol. The number of nitrogens with zero attached hydrogens (tertiary/aromatic N) is 2. The average molecular weight is 244 g/mol. The Hall–Kier alpha value is -1.00. The topological polar surface area (TPSA) is 37.3 Å². The number of hydrogen-bond donors (Lipinski definition) is 1. The molecule has 1 aliphatic rings. The minimum Gasteiger partial charge on any atom is -0.347 e. The largest absolute Gasteiger partial charge is 0.347 e. The van der Waals surface area contributed by atoms with Crippen LogP contribution in [0.5, 0.6) is 0 Å². The van der Waals surface area contributed by atoms with Crippen molar-refractivity contribution in [1.29, 1.82) is 0 Å². The first-order valence-corrected chi connectivity index (χ1v) is 5.32. The highest BCUT2D eigenvalue weighted by atomic mass is 35.5. The Balaban J connectivity index is 0.00000128. The standard InChI is InChI=1S/C11H17N3O.ClH/c1-9-8-14(7-5-12-9)11(15)10-4-3-6-13(10)2;/h3-4,6,9,12H,5,7-8H2,1-2H3;1H/t9-;/m1./s1. The number of aromatic nitrogens is 1. The Kier molecular flexibility index (Phi) is 4.38. The minimum absolute atomic E-state index is 0. The predicted octanol–water partition coefficient (Wildman–Crippen LogP) is 0.881. The molecule has 1 saturated heterocycles. The van der Waals surface area contributed by atoms with Gasteiger partial charge in [-0.05, 0) is 19.1 Å². The molecule has 2 rings (SSSR count). The van der Waals surface area contributed by atoms with E-state index < -0.39 is 0 Å². The second-order valence-electron chi connectivity index (χ2n) is 4.11. The van der Waals surface area contributed by atoms with E-state index >= 15 is 0 Å². The summed E-state index contributed by atoms with van der Waals surface area (Å²) in [6.45, 7) is 4.58. The quantitative estimate of drug-likeness (QED) is 0.795. The molecule has 1 atom stereocenters. The van der Waals surface area contributed by atoms with Gasteiger partial charge in [0.1, 0.15) is 5.69 Å². The summed E-state index contributed by atoms with van der Waals surface area (Å²) in [6.07, 6.45) is 1.90. The van der Waals surface area contributed by atoms with Crippen LogP contribution in [0.15, 0.2) is 18.3 Å². The number of halogens is 1. The number of aryl methyl sites for hydroxylation is 1. The first-order chi connectivity index (χ1) is 7.18. The van der Waals surface area contributed by atoms with E-state index in [0.717, 1.165) is 25.3 Å². The Morgan fingerprint density at radius 1 is 1.56 bits per heavy atom. The lowest BCUT2D eigenvalue weighted by Crippen LogP contribution is -2.51. The van der Waals surface area contributed by atoms with Gasteiger partial charge in [-0.2, -0.15) is 0 Å². The molecular weight excluding hydrogens is 226 g/mol. The number of piperazine rings is 1. The first-order valence-electron chi connectivity index (χ1n) is 5.32. The van der Waals surface area contributed by atoms with E-state index in [4.69, 9.17) is 0 Å². The van der Waals surface area contributed by atoms with Gasteiger partial charge in [0.15, 0.2) is 0 Å². The van der Waals surface area contributed by atoms with Gasteiger partial charge in [-0.1, -0.05) is 0 Å². The van der Waals surface area contributed by atoms with Crippen molar-refractivity contribution >= 4 is 18.3 Å². The number of nitrogens with one attached hydrogen (secondary N) is 1. The fourth-order valence-electron chi connectivity index (χ4n) is 1.96. The molecule has 1 fully saturated rings. The van der Waals surface area contributed by atoms with Crippen LogP contribution in [0.4, 0.5) is 0 Å². The molecule has 2 heterocycles. The molecule has 1 aromatic heterocycles. The maximum absolute atomic E-state index is 12.1. The van der Waals surface area contributed by atoms with Crippen molar-refractivity contribution in [2.45, 2.75) is 13.0 Å². The van der Waals surface area contributed by atoms with E-state index in [-0.39, 0.29) is 18.3 Å². The molecule has 0 aliphatic carbocycles. The monoisotopic (exact) mass is 243 g/mol. The third-order valence-electron chi connectivity index (χ3n) is 2.82. The molecule has 0 saturated carbocycles. The average Bonchev–Trinajstić information content (AvgIpc) is 2.63. The highest BCUT2D eigenvalue weighted by molar-refractivity contribution is 5.92. The lowest BCUT2D eigenvalue weighted by Gasteiger charge is -2.31. The molecule has 1 amide bonds. The zero-order valence-electron chi connectivity index (χ0n) is 9.64. The highest BCUT2D eigenvalue weighted by Crippen LogP contribution is 2.07. The van der Waals surface area contributed by atoms with Gasteiger partial charge in [0.25, 0.3) is 5.91 Å². The Morgan fingerprint density at radius 2 is 2.31 bits per heavy atom. The summed E-state index contributed by atoms with van der Waals surface area (Å²) in [6, 6.07) is 4.16. The Morgan fingerprint density at radius 3 is 2.88 bits per heavy atom. The van der Waals surface area contributed by atoms with Crippen molar-refractivity contribution in [2.75, 3.05) is 19.6 Å². The van der Waals surface area contributed by atoms with Crippen LogP contribution in [-0.2, 0) is 7.05 Å². The lowest BCUT2D eigenvalue weighted by atomic mass is 10.2. The summed E-state index contributed by atoms with van der Waals surface area (Å²) < 4.78 is 1.87. The number of amides is 1. The summed E-state index contributed by atoms with van der Waals surface area (Å²) in [4.78, 5) is 14.0. The van der Waals surface area contributed by atoms with E-state index in [1.54, 1.807) is 0 Å². The first kappa shape index (κ1) is 13.1. The van der Waals surface area contributed by atoms with Crippen molar-refractivity contribution < 1.29 is 4.79 Å². The van der Waals surface area contributed by atoms with Crippen LogP contribution >= 0.6 is 12.4 Å². The van der Waals surface area contributed by atoms with Crippen LogP contribution in [0.3, 0.4) is 0 Å². The maximum Gasteiger partial charge on any atom is 0.270 e. The summed E-state index contributed by atoms with van der Waals surface area (Å²) in [7, 11) is 1.90. The Bertz CT molecular complexity index is 364. The summed E-state index contributed by atoms with van der Waals surface area (Å²) in [5.41, 5.74) is 0.768. The molecule has 1 N–H and O–H groups in total. The van der Waals surface area contributed by atoms with Gasteiger partial charge in [0.2, 0.25) is 0 Å². The number of carbonyl (C=O) groups is 1. The van der Waals surface area contributed by atoms with E-state index in [9.17, 15) is 4.79 Å². The van der Waals surface area contributed by atoms with Crippen LogP contribution in [0.25, 0.3) is 0 Å². The molecule has 0 unspecified atom stereocenters. The van der Waals surface area contributed by atoms with Crippen molar-refractivity contribution in [3.63, 3.8) is 0 Å². The normalized spacial score (nSPS) is 20.4. The molecule has 90 valence electrons. The fraction of sp³-hybridized carbons (Fsp3) is 0.545. The van der Waals surface area contributed by atoms with Gasteiger partial charge in [-0.3, -0.25) is 4.79 Å². The van der Waals surface area contributed by atoms with Gasteiger partial charge in [-0.25, -0.2) is 0 Å². The number of rotatable bonds is 1. The summed E-state index contributed by atoms with van der Waals surface area (Å²) in [5.74, 6) is 0.135. The molecule has 16 heavy (non-hydrogen) atoms. The summed E-state index contributed by atoms with van der Waals surface area (Å²) in [5, 5.41) is 3.33. The maximum atomic E-state index is 12.1. The zero-order chi connectivity index (χ0) is 10.8. The third-order valence-corrected chi connectivity index (χ3v) is 2.82. The lowest BCUT2D eigenvalue weighted by molar-refractivity contribution is 0.0699. The van der Waals surface area contributed by atoms with Gasteiger partial charge < -0.3 is 14.8 Å². The van der Waals surface area contributed by atoms with E-state index in [1.807, 2.05) is 34.8 Å². The van der Waals surface area contributed by atoms with E-state index in [0.29, 0.717) is 6.04 Å². The molecule has 5 heteroatoms. The SMILES string of the molecule is C[C@@H]1CN(C(=O)c2cccn2C)CCN1.Cl. The molecule has 0 bridgehead atoms. The molecule has 1 aromatic rings. The van der Waals surface area contributed by atoms with Crippen molar-refractivity contribution in [3.8, 4) is 0 Å². The van der Waals surface area contributed by atoms with Crippen LogP contribution in [0.2, 0.25) is 0 Å². The second kappa shape index (κ2) is 5.37. The van der Waals surface area contributed by atoms with Crippen LogP contribution in [0.1, 0.15) is 17.4 Å². The second-order valence-corrected chi connectivity index (χ2v) is 4.11. The van der Waals surface area contributed by atoms with Crippen molar-refractivity contribution in [1.82, 2.24) is 14.8 Å². The molecule has 0 radical (unpaired) electrons. The zero-order valence-corrected chi connectivity index (χ0v) is 10.5. The molecular formula is C11H18ClN3O. The van der Waals surface area contributed by atoms with Gasteiger partial charge in [0.05, 0.1) is 0 Å². The molecule has 0 spiro atoms. The fourth-order valence-corrected chi connectivity index (χ4v) is 1.96. The Labute approximate surface area is 102 Å². The highest BCUT2D eigenvalue weighted by Gasteiger charge is 2.22. The molecule has 1 aliphatic heterocycles. The smallest absolute Gasteiger partial charge is 0.270 e. The molecule has 0 aromatic carbocycles. The van der Waals surface area contributed by atoms with Gasteiger partial charge in [0, 0.05) is 38.9 Å². The number of carbonyl (C=O) groups excluding carboxylic acids is 1. The van der Waals surface area contributed by atoms with E-state index in [1.165, 1.54) is 0 Å². The van der Waals surface area contributed by atoms with E-state index in [2.05, 4.69) is 12.2 Å². The van der Waals surface area contributed by atoms with Crippen molar-refractivity contribution in [2.24, 2.45) is 7.05 Å². The van der Waals surface area contributed by atoms with Crippen LogP contribution in [0, 0.1) is 0 Å². The van der Waals surface area contributed by atoms with Crippen molar-refractivity contribution in [3.05, 3.63) is 24.0 Å². The van der Waals surface area contributed by atoms with Crippen LogP contribution in [-0.4, -0.2) is 41.1 Å². The summed E-state index contributed by atoms with van der Waals surface area (Å²) >= 11 is 0. The molecule has 4 nitrogen and oxygen atoms in total. The third kappa shape index (κ3) is 2.57. The van der Waals surface area contributed by atoms with Gasteiger partial charge in [-0.15, -0.1) is 12.4 Å².